The number of benzene rings is 1. The van der Waals surface area contributed by atoms with Crippen molar-refractivity contribution in [2.45, 2.75) is 25.7 Å². The summed E-state index contributed by atoms with van der Waals surface area (Å²) in [5.41, 5.74) is 1.41. The van der Waals surface area contributed by atoms with Gasteiger partial charge in [-0.25, -0.2) is 0 Å². The van der Waals surface area contributed by atoms with Gasteiger partial charge in [-0.05, 0) is 49.4 Å². The third-order valence-corrected chi connectivity index (χ3v) is 4.09. The van der Waals surface area contributed by atoms with E-state index in [-0.39, 0.29) is 0 Å². The molecule has 0 bridgehead atoms. The van der Waals surface area contributed by atoms with Crippen molar-refractivity contribution in [1.29, 1.82) is 0 Å². The molecule has 120 valence electrons. The Morgan fingerprint density at radius 2 is 1.76 bits per heavy atom. The van der Waals surface area contributed by atoms with E-state index in [4.69, 9.17) is 9.47 Å². The van der Waals surface area contributed by atoms with Crippen LogP contribution in [-0.4, -0.2) is 40.5 Å². The molecule has 0 saturated heterocycles. The molecule has 1 N–H and O–H groups in total. The van der Waals surface area contributed by atoms with Gasteiger partial charge in [0.1, 0.15) is 0 Å². The second kappa shape index (κ2) is 12.2. The Morgan fingerprint density at radius 1 is 1.05 bits per heavy atom. The number of hydrogen-bond donors (Lipinski definition) is 1. The molecular formula is C17H28BrNO2. The topological polar surface area (TPSA) is 30.5 Å². The summed E-state index contributed by atoms with van der Waals surface area (Å²) in [4.78, 5) is 0. The van der Waals surface area contributed by atoms with Crippen LogP contribution < -0.4 is 5.32 Å². The molecule has 0 fully saturated rings. The van der Waals surface area contributed by atoms with Crippen LogP contribution in [0.2, 0.25) is 0 Å². The van der Waals surface area contributed by atoms with Crippen LogP contribution in [0, 0.1) is 5.92 Å². The molecule has 0 saturated carbocycles. The molecule has 0 radical (unpaired) electrons. The molecule has 0 aliphatic rings. The van der Waals surface area contributed by atoms with Crippen LogP contribution in [0.5, 0.6) is 0 Å². The molecule has 0 aliphatic heterocycles. The smallest absolute Gasteiger partial charge is 0.0587 e. The Hall–Kier alpha value is -0.420. The summed E-state index contributed by atoms with van der Waals surface area (Å²) in [5, 5.41) is 3.49. The number of nitrogens with one attached hydrogen (secondary N) is 1. The molecular weight excluding hydrogens is 330 g/mol. The maximum absolute atomic E-state index is 5.13. The Kier molecular flexibility index (Phi) is 10.8. The Bertz CT molecular complexity index is 344. The molecule has 1 aromatic rings. The summed E-state index contributed by atoms with van der Waals surface area (Å²) in [6, 6.07) is 8.66. The molecule has 0 aliphatic carbocycles. The summed E-state index contributed by atoms with van der Waals surface area (Å²) in [6.45, 7) is 3.61. The molecule has 1 unspecified atom stereocenters. The van der Waals surface area contributed by atoms with Crippen molar-refractivity contribution in [3.05, 3.63) is 34.3 Å². The largest absolute Gasteiger partial charge is 0.385 e. The quantitative estimate of drug-likeness (QED) is 0.579. The molecule has 1 aromatic carbocycles. The fourth-order valence-corrected chi connectivity index (χ4v) is 2.65. The summed E-state index contributed by atoms with van der Waals surface area (Å²) >= 11 is 3.49. The molecule has 21 heavy (non-hydrogen) atoms. The predicted molar refractivity (Wildman–Crippen MR) is 91.8 cm³/mol. The van der Waals surface area contributed by atoms with Crippen molar-refractivity contribution in [3.63, 3.8) is 0 Å². The number of hydrogen-bond acceptors (Lipinski definition) is 3. The fourth-order valence-electron chi connectivity index (χ4n) is 2.39. The first-order chi connectivity index (χ1) is 10.3. The third-order valence-electron chi connectivity index (χ3n) is 3.56. The minimum atomic E-state index is 0.667. The molecule has 1 rings (SSSR count). The van der Waals surface area contributed by atoms with Crippen LogP contribution in [-0.2, 0) is 15.9 Å². The average Bonchev–Trinajstić information content (AvgIpc) is 2.50. The van der Waals surface area contributed by atoms with E-state index >= 15 is 0 Å². The van der Waals surface area contributed by atoms with E-state index in [1.807, 2.05) is 0 Å². The fraction of sp³-hybridized carbons (Fsp3) is 0.647. The highest BCUT2D eigenvalue weighted by molar-refractivity contribution is 9.10. The maximum atomic E-state index is 5.13. The summed E-state index contributed by atoms with van der Waals surface area (Å²) in [5.74, 6) is 0.667. The van der Waals surface area contributed by atoms with Gasteiger partial charge in [-0.2, -0.15) is 0 Å². The number of methoxy groups -OCH3 is 2. The van der Waals surface area contributed by atoms with Gasteiger partial charge in [0.2, 0.25) is 0 Å². The van der Waals surface area contributed by atoms with E-state index in [0.717, 1.165) is 43.6 Å². The van der Waals surface area contributed by atoms with E-state index in [0.29, 0.717) is 5.92 Å². The van der Waals surface area contributed by atoms with Gasteiger partial charge >= 0.3 is 0 Å². The van der Waals surface area contributed by atoms with Gasteiger partial charge in [-0.3, -0.25) is 0 Å². The van der Waals surface area contributed by atoms with Crippen molar-refractivity contribution in [1.82, 2.24) is 5.32 Å². The van der Waals surface area contributed by atoms with Crippen molar-refractivity contribution in [3.8, 4) is 0 Å². The van der Waals surface area contributed by atoms with Crippen molar-refractivity contribution in [2.75, 3.05) is 40.5 Å². The molecule has 4 heteroatoms. The Morgan fingerprint density at radius 3 is 2.43 bits per heavy atom. The van der Waals surface area contributed by atoms with Crippen molar-refractivity contribution < 1.29 is 9.47 Å². The van der Waals surface area contributed by atoms with Gasteiger partial charge in [-0.15, -0.1) is 0 Å². The van der Waals surface area contributed by atoms with E-state index < -0.39 is 0 Å². The zero-order valence-electron chi connectivity index (χ0n) is 13.2. The minimum absolute atomic E-state index is 0.667. The summed E-state index contributed by atoms with van der Waals surface area (Å²) < 4.78 is 11.4. The van der Waals surface area contributed by atoms with E-state index in [9.17, 15) is 0 Å². The van der Waals surface area contributed by atoms with Crippen LogP contribution in [0.1, 0.15) is 24.8 Å². The highest BCUT2D eigenvalue weighted by Gasteiger charge is 2.09. The second-order valence-corrected chi connectivity index (χ2v) is 6.30. The van der Waals surface area contributed by atoms with Crippen LogP contribution >= 0.6 is 15.9 Å². The lowest BCUT2D eigenvalue weighted by atomic mass is 9.94. The molecule has 0 amide bonds. The average molecular weight is 358 g/mol. The van der Waals surface area contributed by atoms with Gasteiger partial charge in [0.15, 0.2) is 0 Å². The lowest BCUT2D eigenvalue weighted by Gasteiger charge is -2.18. The van der Waals surface area contributed by atoms with Gasteiger partial charge in [-0.1, -0.05) is 34.5 Å². The Balaban J connectivity index is 2.39. The van der Waals surface area contributed by atoms with Crippen LogP contribution in [0.15, 0.2) is 28.7 Å². The van der Waals surface area contributed by atoms with Gasteiger partial charge in [0.25, 0.3) is 0 Å². The van der Waals surface area contributed by atoms with Crippen LogP contribution in [0.3, 0.4) is 0 Å². The van der Waals surface area contributed by atoms with Crippen LogP contribution in [0.4, 0.5) is 0 Å². The normalized spacial score (nSPS) is 12.5. The number of unbranched alkanes of at least 4 members (excludes halogenated alkanes) is 1. The SMILES string of the molecule is COCCCCC(CNCCOC)Cc1ccc(Br)cc1. The first-order valence-corrected chi connectivity index (χ1v) is 8.48. The number of halogens is 1. The Labute approximate surface area is 137 Å². The predicted octanol–water partition coefficient (Wildman–Crippen LogP) is 3.66. The standard InChI is InChI=1S/C17H28BrNO2/c1-20-11-4-3-5-16(14-19-10-12-21-2)13-15-6-8-17(18)9-7-15/h6-9,16,19H,3-5,10-14H2,1-2H3. The van der Waals surface area contributed by atoms with Crippen LogP contribution in [0.25, 0.3) is 0 Å². The summed E-state index contributed by atoms with van der Waals surface area (Å²) in [7, 11) is 3.51. The molecule has 0 spiro atoms. The molecule has 0 heterocycles. The van der Waals surface area contributed by atoms with E-state index in [1.54, 1.807) is 14.2 Å². The second-order valence-electron chi connectivity index (χ2n) is 5.38. The number of rotatable bonds is 12. The molecule has 0 aromatic heterocycles. The third kappa shape index (κ3) is 9.25. The monoisotopic (exact) mass is 357 g/mol. The molecule has 3 nitrogen and oxygen atoms in total. The van der Waals surface area contributed by atoms with Gasteiger partial charge < -0.3 is 14.8 Å². The van der Waals surface area contributed by atoms with E-state index in [1.165, 1.54) is 18.4 Å². The van der Waals surface area contributed by atoms with Crippen molar-refractivity contribution in [2.24, 2.45) is 5.92 Å². The highest BCUT2D eigenvalue weighted by Crippen LogP contribution is 2.17. The molecule has 1 atom stereocenters. The first kappa shape index (κ1) is 18.6. The maximum Gasteiger partial charge on any atom is 0.0587 e. The lowest BCUT2D eigenvalue weighted by Crippen LogP contribution is -2.27. The number of ether oxygens (including phenoxy) is 2. The zero-order valence-corrected chi connectivity index (χ0v) is 14.8. The highest BCUT2D eigenvalue weighted by atomic mass is 79.9. The lowest BCUT2D eigenvalue weighted by molar-refractivity contribution is 0.188. The van der Waals surface area contributed by atoms with Crippen molar-refractivity contribution >= 4 is 15.9 Å². The van der Waals surface area contributed by atoms with E-state index in [2.05, 4.69) is 45.5 Å². The first-order valence-electron chi connectivity index (χ1n) is 7.69. The van der Waals surface area contributed by atoms with Gasteiger partial charge in [0.05, 0.1) is 6.61 Å². The zero-order chi connectivity index (χ0) is 15.3. The minimum Gasteiger partial charge on any atom is -0.385 e. The summed E-state index contributed by atoms with van der Waals surface area (Å²) in [6.07, 6.45) is 4.73. The van der Waals surface area contributed by atoms with Gasteiger partial charge in [0, 0.05) is 31.8 Å².